The first-order valence-corrected chi connectivity index (χ1v) is 6.13. The van der Waals surface area contributed by atoms with Crippen molar-refractivity contribution in [2.75, 3.05) is 5.32 Å². The van der Waals surface area contributed by atoms with Crippen LogP contribution in [0.4, 0.5) is 5.69 Å². The maximum Gasteiger partial charge on any atom is 0.0995 e. The van der Waals surface area contributed by atoms with Gasteiger partial charge in [0.15, 0.2) is 0 Å². The Kier molecular flexibility index (Phi) is 4.09. The molecule has 2 rings (SSSR count). The molecule has 0 heterocycles. The molecule has 0 aliphatic carbocycles. The van der Waals surface area contributed by atoms with Crippen molar-refractivity contribution in [3.05, 3.63) is 63.6 Å². The van der Waals surface area contributed by atoms with Gasteiger partial charge in [0, 0.05) is 12.2 Å². The fourth-order valence-electron chi connectivity index (χ4n) is 1.59. The highest BCUT2D eigenvalue weighted by atomic mass is 35.5. The summed E-state index contributed by atoms with van der Waals surface area (Å²) < 4.78 is 0. The van der Waals surface area contributed by atoms with E-state index >= 15 is 0 Å². The Morgan fingerprint density at radius 1 is 1.06 bits per heavy atom. The lowest BCUT2D eigenvalue weighted by molar-refractivity contribution is 1.14. The number of nitrogens with zero attached hydrogens (tertiary/aromatic N) is 1. The lowest BCUT2D eigenvalue weighted by atomic mass is 10.1. The summed E-state index contributed by atoms with van der Waals surface area (Å²) in [6.45, 7) is 0.571. The van der Waals surface area contributed by atoms with Crippen molar-refractivity contribution in [2.45, 2.75) is 6.54 Å². The molecule has 0 radical (unpaired) electrons. The maximum atomic E-state index is 8.98. The molecule has 0 aromatic heterocycles. The minimum absolute atomic E-state index is 0.509. The highest BCUT2D eigenvalue weighted by Crippen LogP contribution is 2.25. The van der Waals surface area contributed by atoms with Crippen molar-refractivity contribution < 1.29 is 0 Å². The van der Waals surface area contributed by atoms with Crippen LogP contribution in [0.5, 0.6) is 0 Å². The van der Waals surface area contributed by atoms with Crippen molar-refractivity contribution in [1.29, 1.82) is 5.26 Å². The van der Waals surface area contributed by atoms with Crippen molar-refractivity contribution in [1.82, 2.24) is 0 Å². The van der Waals surface area contributed by atoms with E-state index in [1.807, 2.05) is 24.3 Å². The van der Waals surface area contributed by atoms with E-state index in [4.69, 9.17) is 28.5 Å². The first kappa shape index (κ1) is 12.8. The SMILES string of the molecule is N#Cc1ccccc1CNc1ccc(Cl)c(Cl)c1. The third kappa shape index (κ3) is 2.95. The Labute approximate surface area is 116 Å². The fourth-order valence-corrected chi connectivity index (χ4v) is 1.88. The van der Waals surface area contributed by atoms with Crippen molar-refractivity contribution in [3.8, 4) is 6.07 Å². The zero-order valence-corrected chi connectivity index (χ0v) is 11.0. The van der Waals surface area contributed by atoms with Gasteiger partial charge in [-0.2, -0.15) is 5.26 Å². The van der Waals surface area contributed by atoms with E-state index in [1.165, 1.54) is 0 Å². The van der Waals surface area contributed by atoms with E-state index in [2.05, 4.69) is 11.4 Å². The number of nitriles is 1. The molecule has 0 atom stereocenters. The zero-order valence-electron chi connectivity index (χ0n) is 9.45. The highest BCUT2D eigenvalue weighted by molar-refractivity contribution is 6.42. The third-order valence-electron chi connectivity index (χ3n) is 2.54. The average Bonchev–Trinajstić information content (AvgIpc) is 2.40. The minimum atomic E-state index is 0.509. The normalized spacial score (nSPS) is 9.83. The van der Waals surface area contributed by atoms with Gasteiger partial charge in [0.25, 0.3) is 0 Å². The van der Waals surface area contributed by atoms with Gasteiger partial charge in [-0.3, -0.25) is 0 Å². The quantitative estimate of drug-likeness (QED) is 0.898. The van der Waals surface area contributed by atoms with E-state index in [-0.39, 0.29) is 0 Å². The van der Waals surface area contributed by atoms with Crippen LogP contribution in [0.25, 0.3) is 0 Å². The Morgan fingerprint density at radius 2 is 1.83 bits per heavy atom. The van der Waals surface area contributed by atoms with Crippen LogP contribution in [0, 0.1) is 11.3 Å². The molecule has 0 bridgehead atoms. The van der Waals surface area contributed by atoms with E-state index in [1.54, 1.807) is 18.2 Å². The first-order chi connectivity index (χ1) is 8.70. The van der Waals surface area contributed by atoms with Crippen LogP contribution >= 0.6 is 23.2 Å². The second-order valence-electron chi connectivity index (χ2n) is 3.75. The molecular formula is C14H10Cl2N2. The summed E-state index contributed by atoms with van der Waals surface area (Å²) in [6, 6.07) is 15.0. The second-order valence-corrected chi connectivity index (χ2v) is 4.57. The van der Waals surface area contributed by atoms with Crippen LogP contribution in [0.2, 0.25) is 10.0 Å². The van der Waals surface area contributed by atoms with Crippen LogP contribution in [0.1, 0.15) is 11.1 Å². The van der Waals surface area contributed by atoms with E-state index < -0.39 is 0 Å². The monoisotopic (exact) mass is 276 g/mol. The van der Waals surface area contributed by atoms with Gasteiger partial charge in [-0.1, -0.05) is 41.4 Å². The Morgan fingerprint density at radius 3 is 2.56 bits per heavy atom. The number of rotatable bonds is 3. The molecule has 0 aliphatic heterocycles. The van der Waals surface area contributed by atoms with Crippen molar-refractivity contribution in [3.63, 3.8) is 0 Å². The molecule has 90 valence electrons. The van der Waals surface area contributed by atoms with Gasteiger partial charge in [-0.25, -0.2) is 0 Å². The molecule has 18 heavy (non-hydrogen) atoms. The molecule has 0 unspecified atom stereocenters. The summed E-state index contributed by atoms with van der Waals surface area (Å²) in [5.41, 5.74) is 2.49. The molecule has 0 amide bonds. The van der Waals surface area contributed by atoms with E-state index in [0.29, 0.717) is 22.2 Å². The summed E-state index contributed by atoms with van der Waals surface area (Å²) in [6.07, 6.45) is 0. The molecule has 0 aliphatic rings. The second kappa shape index (κ2) is 5.77. The molecule has 2 aromatic carbocycles. The van der Waals surface area contributed by atoms with Gasteiger partial charge in [0.2, 0.25) is 0 Å². The van der Waals surface area contributed by atoms with Gasteiger partial charge in [-0.15, -0.1) is 0 Å². The molecular weight excluding hydrogens is 267 g/mol. The lowest BCUT2D eigenvalue weighted by Gasteiger charge is -2.08. The summed E-state index contributed by atoms with van der Waals surface area (Å²) >= 11 is 11.8. The number of halogens is 2. The van der Waals surface area contributed by atoms with Crippen LogP contribution in [0.3, 0.4) is 0 Å². The lowest BCUT2D eigenvalue weighted by Crippen LogP contribution is -2.01. The predicted octanol–water partition coefficient (Wildman–Crippen LogP) is 4.48. The Balaban J connectivity index is 2.12. The standard InChI is InChI=1S/C14H10Cl2N2/c15-13-6-5-12(7-14(13)16)18-9-11-4-2-1-3-10(11)8-17/h1-7,18H,9H2. The van der Waals surface area contributed by atoms with E-state index in [9.17, 15) is 0 Å². The highest BCUT2D eigenvalue weighted by Gasteiger charge is 2.02. The van der Waals surface area contributed by atoms with Gasteiger partial charge in [0.05, 0.1) is 21.7 Å². The first-order valence-electron chi connectivity index (χ1n) is 5.37. The molecule has 1 N–H and O–H groups in total. The van der Waals surface area contributed by atoms with Crippen LogP contribution in [-0.4, -0.2) is 0 Å². The Hall–Kier alpha value is -1.69. The fraction of sp³-hybridized carbons (Fsp3) is 0.0714. The van der Waals surface area contributed by atoms with Gasteiger partial charge in [0.1, 0.15) is 0 Å². The van der Waals surface area contributed by atoms with Gasteiger partial charge in [-0.05, 0) is 29.8 Å². The third-order valence-corrected chi connectivity index (χ3v) is 3.28. The molecule has 2 nitrogen and oxygen atoms in total. The number of anilines is 1. The molecule has 0 saturated heterocycles. The average molecular weight is 277 g/mol. The topological polar surface area (TPSA) is 35.8 Å². The predicted molar refractivity (Wildman–Crippen MR) is 74.9 cm³/mol. The number of hydrogen-bond donors (Lipinski definition) is 1. The zero-order chi connectivity index (χ0) is 13.0. The molecule has 0 spiro atoms. The molecule has 0 fully saturated rings. The summed E-state index contributed by atoms with van der Waals surface area (Å²) in [7, 11) is 0. The largest absolute Gasteiger partial charge is 0.381 e. The van der Waals surface area contributed by atoms with Crippen LogP contribution < -0.4 is 5.32 Å². The van der Waals surface area contributed by atoms with Gasteiger partial charge < -0.3 is 5.32 Å². The molecule has 4 heteroatoms. The minimum Gasteiger partial charge on any atom is -0.381 e. The maximum absolute atomic E-state index is 8.98. The molecule has 0 saturated carbocycles. The molecule has 2 aromatic rings. The van der Waals surface area contributed by atoms with Crippen LogP contribution in [0.15, 0.2) is 42.5 Å². The number of hydrogen-bond acceptors (Lipinski definition) is 2. The summed E-state index contributed by atoms with van der Waals surface area (Å²) in [5.74, 6) is 0. The Bertz CT molecular complexity index is 603. The van der Waals surface area contributed by atoms with Gasteiger partial charge >= 0.3 is 0 Å². The smallest absolute Gasteiger partial charge is 0.0995 e. The van der Waals surface area contributed by atoms with E-state index in [0.717, 1.165) is 11.3 Å². The van der Waals surface area contributed by atoms with Crippen molar-refractivity contribution >= 4 is 28.9 Å². The van der Waals surface area contributed by atoms with Crippen LogP contribution in [-0.2, 0) is 6.54 Å². The van der Waals surface area contributed by atoms with Crippen molar-refractivity contribution in [2.24, 2.45) is 0 Å². The number of benzene rings is 2. The summed E-state index contributed by atoms with van der Waals surface area (Å²) in [4.78, 5) is 0. The number of nitrogens with one attached hydrogen (secondary N) is 1. The summed E-state index contributed by atoms with van der Waals surface area (Å²) in [5, 5.41) is 13.2.